The van der Waals surface area contributed by atoms with Crippen molar-refractivity contribution in [1.82, 2.24) is 4.98 Å². The van der Waals surface area contributed by atoms with Gasteiger partial charge in [-0.1, -0.05) is 0 Å². The molecule has 13 heavy (non-hydrogen) atoms. The van der Waals surface area contributed by atoms with Crippen LogP contribution in [-0.2, 0) is 4.79 Å². The lowest BCUT2D eigenvalue weighted by Gasteiger charge is -1.97. The summed E-state index contributed by atoms with van der Waals surface area (Å²) in [6.45, 7) is 1.50. The maximum Gasteiger partial charge on any atom is 0.221 e. The van der Waals surface area contributed by atoms with Crippen molar-refractivity contribution in [3.63, 3.8) is 0 Å². The lowest BCUT2D eigenvalue weighted by Crippen LogP contribution is -2.04. The number of fused-ring (bicyclic) bond motifs is 1. The van der Waals surface area contributed by atoms with Gasteiger partial charge in [-0.2, -0.15) is 0 Å². The van der Waals surface area contributed by atoms with E-state index < -0.39 is 0 Å². The van der Waals surface area contributed by atoms with Crippen LogP contribution in [0.2, 0.25) is 0 Å². The molecule has 2 aromatic heterocycles. The minimum atomic E-state index is -0.0523. The van der Waals surface area contributed by atoms with Gasteiger partial charge in [-0.05, 0) is 12.1 Å². The van der Waals surface area contributed by atoms with Crippen LogP contribution in [0, 0.1) is 0 Å². The highest BCUT2D eigenvalue weighted by atomic mass is 32.1. The van der Waals surface area contributed by atoms with Crippen molar-refractivity contribution in [3.8, 4) is 0 Å². The van der Waals surface area contributed by atoms with Crippen molar-refractivity contribution < 1.29 is 4.79 Å². The highest BCUT2D eigenvalue weighted by Crippen LogP contribution is 2.27. The van der Waals surface area contributed by atoms with Crippen LogP contribution >= 0.6 is 11.3 Å². The number of anilines is 1. The summed E-state index contributed by atoms with van der Waals surface area (Å²) in [5.41, 5.74) is 0.848. The van der Waals surface area contributed by atoms with Crippen LogP contribution < -0.4 is 5.32 Å². The molecular weight excluding hydrogens is 184 g/mol. The Morgan fingerprint density at radius 2 is 2.46 bits per heavy atom. The first kappa shape index (κ1) is 8.19. The molecule has 4 heteroatoms. The molecule has 0 aliphatic carbocycles. The van der Waals surface area contributed by atoms with Crippen LogP contribution in [0.5, 0.6) is 0 Å². The van der Waals surface area contributed by atoms with E-state index in [2.05, 4.69) is 10.3 Å². The van der Waals surface area contributed by atoms with E-state index in [4.69, 9.17) is 0 Å². The van der Waals surface area contributed by atoms with E-state index in [0.717, 1.165) is 15.9 Å². The third-order valence-corrected chi connectivity index (χ3v) is 2.56. The van der Waals surface area contributed by atoms with Gasteiger partial charge < -0.3 is 5.32 Å². The van der Waals surface area contributed by atoms with Crippen LogP contribution in [0.25, 0.3) is 10.2 Å². The first-order valence-corrected chi connectivity index (χ1v) is 4.75. The Kier molecular flexibility index (Phi) is 1.98. The smallest absolute Gasteiger partial charge is 0.221 e. The van der Waals surface area contributed by atoms with Crippen LogP contribution in [-0.4, -0.2) is 10.9 Å². The number of thiophene rings is 1. The second-order valence-corrected chi connectivity index (χ2v) is 3.54. The molecule has 0 aliphatic rings. The fraction of sp³-hybridized carbons (Fsp3) is 0.111. The predicted octanol–water partition coefficient (Wildman–Crippen LogP) is 2.25. The number of amides is 1. The van der Waals surface area contributed by atoms with Gasteiger partial charge >= 0.3 is 0 Å². The number of nitrogens with zero attached hydrogens (tertiary/aromatic N) is 1. The number of pyridine rings is 1. The Morgan fingerprint density at radius 1 is 1.62 bits per heavy atom. The largest absolute Gasteiger partial charge is 0.325 e. The molecular formula is C9H8N2OS. The van der Waals surface area contributed by atoms with Gasteiger partial charge in [0.2, 0.25) is 5.91 Å². The highest BCUT2D eigenvalue weighted by molar-refractivity contribution is 7.17. The fourth-order valence-electron chi connectivity index (χ4n) is 1.15. The Morgan fingerprint density at radius 3 is 3.23 bits per heavy atom. The molecule has 66 valence electrons. The first-order chi connectivity index (χ1) is 6.27. The summed E-state index contributed by atoms with van der Waals surface area (Å²) in [7, 11) is 0. The molecule has 0 aromatic carbocycles. The second-order valence-electron chi connectivity index (χ2n) is 2.69. The van der Waals surface area contributed by atoms with Crippen molar-refractivity contribution in [2.24, 2.45) is 0 Å². The van der Waals surface area contributed by atoms with Crippen molar-refractivity contribution in [1.29, 1.82) is 0 Å². The summed E-state index contributed by atoms with van der Waals surface area (Å²) in [6, 6.07) is 3.81. The monoisotopic (exact) mass is 192 g/mol. The molecule has 0 aliphatic heterocycles. The standard InChI is InChI=1S/C9H8N2OS/c1-6(12)11-8-5-13-9-7(8)3-2-4-10-9/h2-5H,1H3,(H,11,12). The van der Waals surface area contributed by atoms with E-state index in [1.807, 2.05) is 17.5 Å². The van der Waals surface area contributed by atoms with Gasteiger partial charge in [0.1, 0.15) is 4.83 Å². The molecule has 0 saturated heterocycles. The zero-order valence-electron chi connectivity index (χ0n) is 7.07. The number of carbonyl (C=O) groups excluding carboxylic acids is 1. The number of aromatic nitrogens is 1. The zero-order valence-corrected chi connectivity index (χ0v) is 7.89. The number of hydrogen-bond donors (Lipinski definition) is 1. The first-order valence-electron chi connectivity index (χ1n) is 3.87. The minimum absolute atomic E-state index is 0.0523. The molecule has 0 fully saturated rings. The Labute approximate surface area is 79.4 Å². The molecule has 2 rings (SSSR count). The van der Waals surface area contributed by atoms with E-state index in [1.165, 1.54) is 18.3 Å². The van der Waals surface area contributed by atoms with Gasteiger partial charge in [-0.15, -0.1) is 11.3 Å². The summed E-state index contributed by atoms with van der Waals surface area (Å²) >= 11 is 1.53. The summed E-state index contributed by atoms with van der Waals surface area (Å²) < 4.78 is 0. The van der Waals surface area contributed by atoms with Gasteiger partial charge in [0.25, 0.3) is 0 Å². The quantitative estimate of drug-likeness (QED) is 0.753. The van der Waals surface area contributed by atoms with Gasteiger partial charge in [0, 0.05) is 23.9 Å². The molecule has 2 heterocycles. The number of carbonyl (C=O) groups is 1. The Bertz CT molecular complexity index is 450. The summed E-state index contributed by atoms with van der Waals surface area (Å²) in [4.78, 5) is 16.0. The van der Waals surface area contributed by atoms with Gasteiger partial charge in [-0.25, -0.2) is 4.98 Å². The third kappa shape index (κ3) is 1.53. The maximum absolute atomic E-state index is 10.8. The average molecular weight is 192 g/mol. The number of hydrogen-bond acceptors (Lipinski definition) is 3. The van der Waals surface area contributed by atoms with Crippen LogP contribution in [0.15, 0.2) is 23.7 Å². The summed E-state index contributed by atoms with van der Waals surface area (Å²) in [6.07, 6.45) is 1.75. The molecule has 0 atom stereocenters. The molecule has 0 bridgehead atoms. The topological polar surface area (TPSA) is 42.0 Å². The van der Waals surface area contributed by atoms with Crippen molar-refractivity contribution in [2.75, 3.05) is 5.32 Å². The molecule has 0 spiro atoms. The van der Waals surface area contributed by atoms with Crippen LogP contribution in [0.1, 0.15) is 6.92 Å². The van der Waals surface area contributed by atoms with Gasteiger partial charge in [0.15, 0.2) is 0 Å². The molecule has 0 saturated carbocycles. The molecule has 0 unspecified atom stereocenters. The second kappa shape index (κ2) is 3.14. The van der Waals surface area contributed by atoms with E-state index in [-0.39, 0.29) is 5.91 Å². The molecule has 0 radical (unpaired) electrons. The Balaban J connectivity index is 2.51. The lowest BCUT2D eigenvalue weighted by atomic mass is 10.3. The maximum atomic E-state index is 10.8. The Hall–Kier alpha value is -1.42. The zero-order chi connectivity index (χ0) is 9.26. The molecule has 1 amide bonds. The van der Waals surface area contributed by atoms with E-state index >= 15 is 0 Å². The van der Waals surface area contributed by atoms with Gasteiger partial charge in [-0.3, -0.25) is 4.79 Å². The van der Waals surface area contributed by atoms with E-state index in [0.29, 0.717) is 0 Å². The molecule has 2 aromatic rings. The van der Waals surface area contributed by atoms with Crippen molar-refractivity contribution in [3.05, 3.63) is 23.7 Å². The number of rotatable bonds is 1. The highest BCUT2D eigenvalue weighted by Gasteiger charge is 2.04. The summed E-state index contributed by atoms with van der Waals surface area (Å²) in [5.74, 6) is -0.0523. The van der Waals surface area contributed by atoms with Crippen molar-refractivity contribution in [2.45, 2.75) is 6.92 Å². The summed E-state index contributed by atoms with van der Waals surface area (Å²) in [5, 5.41) is 5.66. The fourth-order valence-corrected chi connectivity index (χ4v) is 2.00. The van der Waals surface area contributed by atoms with Gasteiger partial charge in [0.05, 0.1) is 5.69 Å². The average Bonchev–Trinajstić information content (AvgIpc) is 2.48. The lowest BCUT2D eigenvalue weighted by molar-refractivity contribution is -0.114. The van der Waals surface area contributed by atoms with Crippen LogP contribution in [0.3, 0.4) is 0 Å². The van der Waals surface area contributed by atoms with Crippen molar-refractivity contribution >= 4 is 33.1 Å². The predicted molar refractivity (Wildman–Crippen MR) is 53.9 cm³/mol. The normalized spacial score (nSPS) is 10.2. The minimum Gasteiger partial charge on any atom is -0.325 e. The molecule has 1 N–H and O–H groups in total. The third-order valence-electron chi connectivity index (χ3n) is 1.66. The van der Waals surface area contributed by atoms with E-state index in [1.54, 1.807) is 6.20 Å². The van der Waals surface area contributed by atoms with E-state index in [9.17, 15) is 4.79 Å². The SMILES string of the molecule is CC(=O)Nc1csc2ncccc12. The number of nitrogens with one attached hydrogen (secondary N) is 1. The molecule has 3 nitrogen and oxygen atoms in total. The van der Waals surface area contributed by atoms with Crippen LogP contribution in [0.4, 0.5) is 5.69 Å².